The average Bonchev–Trinajstić information content (AvgIpc) is 2.49. The minimum absolute atomic E-state index is 0.335. The number of aliphatic hydroxyl groups is 1. The Labute approximate surface area is 126 Å². The van der Waals surface area contributed by atoms with E-state index in [0.717, 1.165) is 30.6 Å². The maximum absolute atomic E-state index is 10.1. The molecule has 0 aliphatic heterocycles. The maximum Gasteiger partial charge on any atom is 0.120 e. The van der Waals surface area contributed by atoms with Crippen LogP contribution in [-0.2, 0) is 13.0 Å². The van der Waals surface area contributed by atoms with Crippen molar-refractivity contribution >= 4 is 0 Å². The van der Waals surface area contributed by atoms with E-state index in [-0.39, 0.29) is 6.10 Å². The summed E-state index contributed by atoms with van der Waals surface area (Å²) in [6.45, 7) is 4.77. The molecule has 1 aliphatic rings. The number of fused-ring (bicyclic) bond motifs is 1. The molecule has 0 spiro atoms. The van der Waals surface area contributed by atoms with Gasteiger partial charge in [-0.05, 0) is 67.5 Å². The molecule has 0 radical (unpaired) electrons. The summed E-state index contributed by atoms with van der Waals surface area (Å²) in [6, 6.07) is 12.5. The fourth-order valence-corrected chi connectivity index (χ4v) is 2.96. The molecule has 0 saturated carbocycles. The highest BCUT2D eigenvalue weighted by Crippen LogP contribution is 2.32. The SMILES string of the molecule is Cc1ccc(C)c(COc2ccc3c(c2)C(O)CCC3)c1. The Balaban J connectivity index is 1.76. The quantitative estimate of drug-likeness (QED) is 0.911. The van der Waals surface area contributed by atoms with Gasteiger partial charge in [0.25, 0.3) is 0 Å². The van der Waals surface area contributed by atoms with Crippen molar-refractivity contribution in [1.29, 1.82) is 0 Å². The van der Waals surface area contributed by atoms with E-state index in [1.165, 1.54) is 22.3 Å². The second kappa shape index (κ2) is 5.90. The fraction of sp³-hybridized carbons (Fsp3) is 0.368. The number of hydrogen-bond donors (Lipinski definition) is 1. The van der Waals surface area contributed by atoms with Gasteiger partial charge < -0.3 is 9.84 Å². The van der Waals surface area contributed by atoms with Crippen LogP contribution >= 0.6 is 0 Å². The van der Waals surface area contributed by atoms with Crippen molar-refractivity contribution in [3.8, 4) is 5.75 Å². The van der Waals surface area contributed by atoms with E-state index in [1.807, 2.05) is 12.1 Å². The van der Waals surface area contributed by atoms with Crippen LogP contribution in [0.25, 0.3) is 0 Å². The molecule has 1 atom stereocenters. The highest BCUT2D eigenvalue weighted by molar-refractivity contribution is 5.39. The summed E-state index contributed by atoms with van der Waals surface area (Å²) in [5, 5.41) is 10.1. The molecule has 0 fully saturated rings. The summed E-state index contributed by atoms with van der Waals surface area (Å²) in [5.41, 5.74) is 6.01. The van der Waals surface area contributed by atoms with Crippen molar-refractivity contribution in [2.75, 3.05) is 0 Å². The van der Waals surface area contributed by atoms with Crippen molar-refractivity contribution in [2.24, 2.45) is 0 Å². The molecule has 1 unspecified atom stereocenters. The van der Waals surface area contributed by atoms with E-state index >= 15 is 0 Å². The molecule has 3 rings (SSSR count). The lowest BCUT2D eigenvalue weighted by Gasteiger charge is -2.22. The first kappa shape index (κ1) is 14.2. The zero-order valence-corrected chi connectivity index (χ0v) is 12.7. The number of ether oxygens (including phenoxy) is 1. The summed E-state index contributed by atoms with van der Waals surface area (Å²) >= 11 is 0. The van der Waals surface area contributed by atoms with Crippen LogP contribution in [0.1, 0.15) is 46.8 Å². The molecule has 1 N–H and O–H groups in total. The van der Waals surface area contributed by atoms with Gasteiger partial charge in [0.1, 0.15) is 12.4 Å². The van der Waals surface area contributed by atoms with Crippen molar-refractivity contribution < 1.29 is 9.84 Å². The third-order valence-electron chi connectivity index (χ3n) is 4.30. The lowest BCUT2D eigenvalue weighted by Crippen LogP contribution is -2.09. The number of rotatable bonds is 3. The predicted molar refractivity (Wildman–Crippen MR) is 84.6 cm³/mol. The first-order valence-electron chi connectivity index (χ1n) is 7.63. The number of benzene rings is 2. The van der Waals surface area contributed by atoms with E-state index in [1.54, 1.807) is 0 Å². The van der Waals surface area contributed by atoms with Crippen molar-refractivity contribution in [3.63, 3.8) is 0 Å². The highest BCUT2D eigenvalue weighted by Gasteiger charge is 2.18. The van der Waals surface area contributed by atoms with Gasteiger partial charge in [-0.2, -0.15) is 0 Å². The summed E-state index contributed by atoms with van der Waals surface area (Å²) in [4.78, 5) is 0. The van der Waals surface area contributed by atoms with E-state index in [4.69, 9.17) is 4.74 Å². The molecule has 1 aliphatic carbocycles. The van der Waals surface area contributed by atoms with Crippen LogP contribution in [0.4, 0.5) is 0 Å². The minimum atomic E-state index is -0.335. The van der Waals surface area contributed by atoms with Gasteiger partial charge in [-0.1, -0.05) is 29.8 Å². The van der Waals surface area contributed by atoms with Crippen LogP contribution < -0.4 is 4.74 Å². The molecular weight excluding hydrogens is 260 g/mol. The van der Waals surface area contributed by atoms with Crippen LogP contribution in [0.5, 0.6) is 5.75 Å². The summed E-state index contributed by atoms with van der Waals surface area (Å²) in [7, 11) is 0. The zero-order chi connectivity index (χ0) is 14.8. The molecule has 2 aromatic rings. The van der Waals surface area contributed by atoms with Gasteiger partial charge in [0.05, 0.1) is 6.10 Å². The smallest absolute Gasteiger partial charge is 0.120 e. The van der Waals surface area contributed by atoms with E-state index in [0.29, 0.717) is 6.61 Å². The topological polar surface area (TPSA) is 29.5 Å². The maximum atomic E-state index is 10.1. The third-order valence-corrected chi connectivity index (χ3v) is 4.30. The largest absolute Gasteiger partial charge is 0.489 e. The average molecular weight is 282 g/mol. The Bertz CT molecular complexity index is 646. The number of aliphatic hydroxyl groups excluding tert-OH is 1. The molecule has 0 saturated heterocycles. The highest BCUT2D eigenvalue weighted by atomic mass is 16.5. The molecule has 2 aromatic carbocycles. The van der Waals surface area contributed by atoms with Crippen molar-refractivity contribution in [1.82, 2.24) is 0 Å². The first-order valence-corrected chi connectivity index (χ1v) is 7.63. The van der Waals surface area contributed by atoms with E-state index < -0.39 is 0 Å². The zero-order valence-electron chi connectivity index (χ0n) is 12.7. The molecule has 2 nitrogen and oxygen atoms in total. The van der Waals surface area contributed by atoms with Crippen molar-refractivity contribution in [3.05, 3.63) is 64.2 Å². The molecule has 0 aromatic heterocycles. The van der Waals surface area contributed by atoms with Crippen LogP contribution in [-0.4, -0.2) is 5.11 Å². The Morgan fingerprint density at radius 3 is 2.86 bits per heavy atom. The minimum Gasteiger partial charge on any atom is -0.489 e. The van der Waals surface area contributed by atoms with Crippen molar-refractivity contribution in [2.45, 2.75) is 45.8 Å². The molecular formula is C19H22O2. The lowest BCUT2D eigenvalue weighted by molar-refractivity contribution is 0.156. The molecule has 0 bridgehead atoms. The fourth-order valence-electron chi connectivity index (χ4n) is 2.96. The molecule has 0 amide bonds. The standard InChI is InChI=1S/C19H22O2/c1-13-6-7-14(2)16(10-13)12-21-17-9-8-15-4-3-5-19(20)18(15)11-17/h6-11,19-20H,3-5,12H2,1-2H3. The first-order chi connectivity index (χ1) is 10.1. The molecule has 2 heteroatoms. The van der Waals surface area contributed by atoms with E-state index in [9.17, 15) is 5.11 Å². The summed E-state index contributed by atoms with van der Waals surface area (Å²) in [6.07, 6.45) is 2.64. The number of hydrogen-bond acceptors (Lipinski definition) is 2. The Hall–Kier alpha value is -1.80. The van der Waals surface area contributed by atoms with Gasteiger partial charge in [-0.3, -0.25) is 0 Å². The van der Waals surface area contributed by atoms with Gasteiger partial charge in [0.15, 0.2) is 0 Å². The van der Waals surface area contributed by atoms with Crippen LogP contribution in [0.15, 0.2) is 36.4 Å². The second-order valence-corrected chi connectivity index (χ2v) is 5.99. The normalized spacial score (nSPS) is 17.4. The second-order valence-electron chi connectivity index (χ2n) is 5.99. The van der Waals surface area contributed by atoms with Crippen LogP contribution in [0.3, 0.4) is 0 Å². The monoisotopic (exact) mass is 282 g/mol. The Kier molecular flexibility index (Phi) is 3.98. The van der Waals surface area contributed by atoms with Gasteiger partial charge in [0, 0.05) is 0 Å². The van der Waals surface area contributed by atoms with Gasteiger partial charge >= 0.3 is 0 Å². The predicted octanol–water partition coefficient (Wildman–Crippen LogP) is 4.25. The van der Waals surface area contributed by atoms with E-state index in [2.05, 4.69) is 38.1 Å². The summed E-state index contributed by atoms with van der Waals surface area (Å²) < 4.78 is 5.93. The molecule has 110 valence electrons. The number of aryl methyl sites for hydroxylation is 3. The third kappa shape index (κ3) is 3.11. The summed E-state index contributed by atoms with van der Waals surface area (Å²) in [5.74, 6) is 0.843. The Morgan fingerprint density at radius 1 is 1.14 bits per heavy atom. The van der Waals surface area contributed by atoms with Crippen LogP contribution in [0.2, 0.25) is 0 Å². The van der Waals surface area contributed by atoms with Gasteiger partial charge in [-0.15, -0.1) is 0 Å². The Morgan fingerprint density at radius 2 is 2.00 bits per heavy atom. The molecule has 0 heterocycles. The molecule has 21 heavy (non-hydrogen) atoms. The van der Waals surface area contributed by atoms with Crippen LogP contribution in [0, 0.1) is 13.8 Å². The van der Waals surface area contributed by atoms with Gasteiger partial charge in [0.2, 0.25) is 0 Å². The van der Waals surface area contributed by atoms with Gasteiger partial charge in [-0.25, -0.2) is 0 Å². The lowest BCUT2D eigenvalue weighted by atomic mass is 9.89.